The fourth-order valence-corrected chi connectivity index (χ4v) is 2.31. The fourth-order valence-electron chi connectivity index (χ4n) is 2.15. The molecule has 1 heterocycles. The van der Waals surface area contributed by atoms with Crippen molar-refractivity contribution in [3.8, 4) is 5.75 Å². The van der Waals surface area contributed by atoms with Crippen LogP contribution in [0.4, 0.5) is 13.2 Å². The average molecular weight is 319 g/mol. The molecule has 116 valence electrons. The smallest absolute Gasteiger partial charge is 0.416 e. The van der Waals surface area contributed by atoms with Gasteiger partial charge in [0.2, 0.25) is 0 Å². The van der Waals surface area contributed by atoms with Gasteiger partial charge >= 0.3 is 6.18 Å². The van der Waals surface area contributed by atoms with Crippen LogP contribution in [0.2, 0.25) is 0 Å². The quantitative estimate of drug-likeness (QED) is 0.865. The Hall–Kier alpha value is -1.34. The Kier molecular flexibility index (Phi) is 5.05. The summed E-state index contributed by atoms with van der Waals surface area (Å²) in [7, 11) is 0. The SMILES string of the molecule is NC(=S)c1cc(C(F)(F)F)ccc1OCC1CCCCO1. The van der Waals surface area contributed by atoms with Crippen LogP contribution in [0.3, 0.4) is 0 Å². The van der Waals surface area contributed by atoms with Crippen LogP contribution in [0, 0.1) is 0 Å². The van der Waals surface area contributed by atoms with E-state index in [0.29, 0.717) is 6.61 Å². The Morgan fingerprint density at radius 3 is 2.71 bits per heavy atom. The van der Waals surface area contributed by atoms with E-state index in [1.807, 2.05) is 0 Å². The van der Waals surface area contributed by atoms with Crippen LogP contribution >= 0.6 is 12.2 Å². The zero-order valence-electron chi connectivity index (χ0n) is 11.3. The van der Waals surface area contributed by atoms with Crippen LogP contribution in [0.1, 0.15) is 30.4 Å². The number of halogens is 3. The summed E-state index contributed by atoms with van der Waals surface area (Å²) in [6.07, 6.45) is -1.52. The molecule has 0 saturated carbocycles. The minimum Gasteiger partial charge on any atom is -0.490 e. The second-order valence-corrected chi connectivity index (χ2v) is 5.31. The highest BCUT2D eigenvalue weighted by atomic mass is 32.1. The molecule has 0 amide bonds. The molecule has 1 aromatic rings. The molecule has 0 radical (unpaired) electrons. The minimum absolute atomic E-state index is 0.0414. The molecule has 1 aliphatic heterocycles. The van der Waals surface area contributed by atoms with Crippen molar-refractivity contribution in [3.05, 3.63) is 29.3 Å². The number of benzene rings is 1. The molecular weight excluding hydrogens is 303 g/mol. The first kappa shape index (κ1) is 16.0. The molecule has 0 aromatic heterocycles. The first-order chi connectivity index (χ1) is 9.88. The van der Waals surface area contributed by atoms with Crippen LogP contribution in [0.25, 0.3) is 0 Å². The standard InChI is InChI=1S/C14H16F3NO2S/c15-14(16,17)9-4-5-12(11(7-9)13(18)21)20-8-10-3-1-2-6-19-10/h4-5,7,10H,1-3,6,8H2,(H2,18,21). The predicted octanol–water partition coefficient (Wildman–Crippen LogP) is 3.29. The Balaban J connectivity index is 2.12. The summed E-state index contributed by atoms with van der Waals surface area (Å²) in [5.74, 6) is 0.254. The molecule has 1 aliphatic rings. The van der Waals surface area contributed by atoms with Crippen molar-refractivity contribution in [1.82, 2.24) is 0 Å². The number of ether oxygens (including phenoxy) is 2. The Morgan fingerprint density at radius 2 is 2.14 bits per heavy atom. The van der Waals surface area contributed by atoms with Gasteiger partial charge in [-0.2, -0.15) is 13.2 Å². The van der Waals surface area contributed by atoms with E-state index in [-0.39, 0.29) is 29.0 Å². The van der Waals surface area contributed by atoms with E-state index in [1.165, 1.54) is 6.07 Å². The van der Waals surface area contributed by atoms with E-state index in [1.54, 1.807) is 0 Å². The summed E-state index contributed by atoms with van der Waals surface area (Å²) < 4.78 is 49.1. The first-order valence-electron chi connectivity index (χ1n) is 6.63. The monoisotopic (exact) mass is 319 g/mol. The Bertz CT molecular complexity index is 513. The second-order valence-electron chi connectivity index (χ2n) is 4.87. The van der Waals surface area contributed by atoms with Gasteiger partial charge in [-0.15, -0.1) is 0 Å². The highest BCUT2D eigenvalue weighted by Gasteiger charge is 2.31. The molecule has 1 unspecified atom stereocenters. The number of hydrogen-bond acceptors (Lipinski definition) is 3. The molecule has 1 saturated heterocycles. The van der Waals surface area contributed by atoms with Gasteiger partial charge in [0.15, 0.2) is 0 Å². The van der Waals surface area contributed by atoms with Crippen molar-refractivity contribution < 1.29 is 22.6 Å². The van der Waals surface area contributed by atoms with E-state index in [4.69, 9.17) is 27.4 Å². The normalized spacial score (nSPS) is 19.3. The number of alkyl halides is 3. The van der Waals surface area contributed by atoms with E-state index in [0.717, 1.165) is 31.4 Å². The van der Waals surface area contributed by atoms with Gasteiger partial charge in [-0.3, -0.25) is 0 Å². The minimum atomic E-state index is -4.44. The first-order valence-corrected chi connectivity index (χ1v) is 7.04. The van der Waals surface area contributed by atoms with E-state index in [9.17, 15) is 13.2 Å². The lowest BCUT2D eigenvalue weighted by Crippen LogP contribution is -2.26. The molecule has 0 aliphatic carbocycles. The van der Waals surface area contributed by atoms with Crippen LogP contribution in [0.5, 0.6) is 5.75 Å². The van der Waals surface area contributed by atoms with Gasteiger partial charge in [-0.1, -0.05) is 12.2 Å². The molecule has 2 N–H and O–H groups in total. The van der Waals surface area contributed by atoms with Crippen molar-refractivity contribution >= 4 is 17.2 Å². The molecule has 7 heteroatoms. The van der Waals surface area contributed by atoms with Crippen molar-refractivity contribution in [2.24, 2.45) is 5.73 Å². The van der Waals surface area contributed by atoms with Crippen LogP contribution in [-0.4, -0.2) is 24.3 Å². The fraction of sp³-hybridized carbons (Fsp3) is 0.500. The predicted molar refractivity (Wildman–Crippen MR) is 76.4 cm³/mol. The van der Waals surface area contributed by atoms with Gasteiger partial charge in [-0.05, 0) is 37.5 Å². The third-order valence-electron chi connectivity index (χ3n) is 3.27. The van der Waals surface area contributed by atoms with Gasteiger partial charge in [0.05, 0.1) is 17.2 Å². The summed E-state index contributed by atoms with van der Waals surface area (Å²) >= 11 is 4.80. The molecular formula is C14H16F3NO2S. The second kappa shape index (κ2) is 6.62. The molecule has 1 fully saturated rings. The maximum Gasteiger partial charge on any atom is 0.416 e. The van der Waals surface area contributed by atoms with Crippen LogP contribution < -0.4 is 10.5 Å². The third kappa shape index (κ3) is 4.31. The lowest BCUT2D eigenvalue weighted by molar-refractivity contribution is -0.137. The number of hydrogen-bond donors (Lipinski definition) is 1. The maximum atomic E-state index is 12.7. The third-order valence-corrected chi connectivity index (χ3v) is 3.49. The average Bonchev–Trinajstić information content (AvgIpc) is 2.45. The molecule has 1 atom stereocenters. The molecule has 21 heavy (non-hydrogen) atoms. The lowest BCUT2D eigenvalue weighted by atomic mass is 10.1. The van der Waals surface area contributed by atoms with E-state index >= 15 is 0 Å². The summed E-state index contributed by atoms with van der Waals surface area (Å²) in [5, 5.41) is 0. The molecule has 1 aromatic carbocycles. The summed E-state index contributed by atoms with van der Waals surface area (Å²) in [4.78, 5) is -0.124. The van der Waals surface area contributed by atoms with Gasteiger partial charge in [0.1, 0.15) is 17.3 Å². The Morgan fingerprint density at radius 1 is 1.38 bits per heavy atom. The Labute approximate surface area is 126 Å². The largest absolute Gasteiger partial charge is 0.490 e. The van der Waals surface area contributed by atoms with Gasteiger partial charge in [0.25, 0.3) is 0 Å². The summed E-state index contributed by atoms with van der Waals surface area (Å²) in [6, 6.07) is 3.12. The van der Waals surface area contributed by atoms with E-state index in [2.05, 4.69) is 0 Å². The van der Waals surface area contributed by atoms with Gasteiger partial charge < -0.3 is 15.2 Å². The van der Waals surface area contributed by atoms with Gasteiger partial charge in [-0.25, -0.2) is 0 Å². The number of nitrogens with two attached hydrogens (primary N) is 1. The van der Waals surface area contributed by atoms with Crippen molar-refractivity contribution in [3.63, 3.8) is 0 Å². The van der Waals surface area contributed by atoms with Crippen molar-refractivity contribution in [2.75, 3.05) is 13.2 Å². The number of rotatable bonds is 4. The topological polar surface area (TPSA) is 44.5 Å². The highest BCUT2D eigenvalue weighted by molar-refractivity contribution is 7.80. The zero-order chi connectivity index (χ0) is 15.5. The van der Waals surface area contributed by atoms with Crippen LogP contribution in [-0.2, 0) is 10.9 Å². The van der Waals surface area contributed by atoms with E-state index < -0.39 is 11.7 Å². The molecule has 2 rings (SSSR count). The van der Waals surface area contributed by atoms with Crippen molar-refractivity contribution in [1.29, 1.82) is 0 Å². The molecule has 3 nitrogen and oxygen atoms in total. The zero-order valence-corrected chi connectivity index (χ0v) is 12.1. The molecule has 0 bridgehead atoms. The maximum absolute atomic E-state index is 12.7. The van der Waals surface area contributed by atoms with Gasteiger partial charge in [0, 0.05) is 6.61 Å². The van der Waals surface area contributed by atoms with Crippen LogP contribution in [0.15, 0.2) is 18.2 Å². The summed E-state index contributed by atoms with van der Waals surface area (Å²) in [6.45, 7) is 0.962. The summed E-state index contributed by atoms with van der Waals surface area (Å²) in [5.41, 5.74) is 4.78. The lowest BCUT2D eigenvalue weighted by Gasteiger charge is -2.23. The number of thiocarbonyl (C=S) groups is 1. The highest BCUT2D eigenvalue weighted by Crippen LogP contribution is 2.32. The molecule has 0 spiro atoms. The van der Waals surface area contributed by atoms with Crippen molar-refractivity contribution in [2.45, 2.75) is 31.5 Å².